The highest BCUT2D eigenvalue weighted by Gasteiger charge is 2.15. The molecule has 80 valence electrons. The van der Waals surface area contributed by atoms with Crippen molar-refractivity contribution in [3.05, 3.63) is 0 Å². The van der Waals surface area contributed by atoms with Gasteiger partial charge in [-0.15, -0.1) is 0 Å². The summed E-state index contributed by atoms with van der Waals surface area (Å²) in [6.45, 7) is 6.38. The van der Waals surface area contributed by atoms with Crippen molar-refractivity contribution in [2.45, 2.75) is 39.7 Å². The molecule has 0 aliphatic rings. The molecule has 0 amide bonds. The van der Waals surface area contributed by atoms with E-state index in [0.717, 1.165) is 12.8 Å². The van der Waals surface area contributed by atoms with E-state index in [2.05, 4.69) is 20.8 Å². The molecular formula is C9H21NO2S. The van der Waals surface area contributed by atoms with Crippen LogP contribution >= 0.6 is 0 Å². The Morgan fingerprint density at radius 2 is 1.77 bits per heavy atom. The average molecular weight is 207 g/mol. The smallest absolute Gasteiger partial charge is 0.148 e. The molecule has 0 aromatic heterocycles. The van der Waals surface area contributed by atoms with Gasteiger partial charge in [0.15, 0.2) is 0 Å². The zero-order valence-corrected chi connectivity index (χ0v) is 9.82. The van der Waals surface area contributed by atoms with Crippen LogP contribution < -0.4 is 5.73 Å². The molecule has 0 aromatic rings. The summed E-state index contributed by atoms with van der Waals surface area (Å²) in [4.78, 5) is 0. The summed E-state index contributed by atoms with van der Waals surface area (Å²) in [5.74, 6) is 0.100. The van der Waals surface area contributed by atoms with Gasteiger partial charge in [-0.05, 0) is 18.3 Å². The molecule has 0 radical (unpaired) electrons. The molecule has 0 fully saturated rings. The molecule has 0 saturated carbocycles. The third-order valence-electron chi connectivity index (χ3n) is 1.78. The van der Waals surface area contributed by atoms with Crippen LogP contribution in [0.3, 0.4) is 0 Å². The highest BCUT2D eigenvalue weighted by atomic mass is 32.2. The Balaban J connectivity index is 3.84. The topological polar surface area (TPSA) is 60.2 Å². The molecular weight excluding hydrogens is 186 g/mol. The van der Waals surface area contributed by atoms with E-state index in [9.17, 15) is 8.42 Å². The van der Waals surface area contributed by atoms with Gasteiger partial charge in [-0.3, -0.25) is 0 Å². The molecule has 0 rings (SSSR count). The zero-order valence-electron chi connectivity index (χ0n) is 9.00. The van der Waals surface area contributed by atoms with Gasteiger partial charge < -0.3 is 5.73 Å². The van der Waals surface area contributed by atoms with Crippen LogP contribution in [0.2, 0.25) is 0 Å². The van der Waals surface area contributed by atoms with Crippen molar-refractivity contribution < 1.29 is 8.42 Å². The fourth-order valence-electron chi connectivity index (χ4n) is 1.09. The van der Waals surface area contributed by atoms with Gasteiger partial charge in [0.25, 0.3) is 0 Å². The van der Waals surface area contributed by atoms with Gasteiger partial charge in [0.1, 0.15) is 9.84 Å². The SMILES string of the molecule is CC(C)(C)CCC(N)CS(C)(=O)=O. The summed E-state index contributed by atoms with van der Waals surface area (Å²) in [5.41, 5.74) is 5.92. The second-order valence-electron chi connectivity index (χ2n) is 4.95. The fourth-order valence-corrected chi connectivity index (χ4v) is 2.04. The minimum atomic E-state index is -2.92. The maximum Gasteiger partial charge on any atom is 0.148 e. The van der Waals surface area contributed by atoms with Gasteiger partial charge in [0.05, 0.1) is 5.75 Å². The van der Waals surface area contributed by atoms with Crippen LogP contribution in [0.5, 0.6) is 0 Å². The van der Waals surface area contributed by atoms with Crippen molar-refractivity contribution in [2.75, 3.05) is 12.0 Å². The maximum absolute atomic E-state index is 10.9. The molecule has 3 nitrogen and oxygen atoms in total. The van der Waals surface area contributed by atoms with Crippen LogP contribution in [0.1, 0.15) is 33.6 Å². The lowest BCUT2D eigenvalue weighted by Gasteiger charge is -2.20. The van der Waals surface area contributed by atoms with Crippen LogP contribution in [0.4, 0.5) is 0 Å². The number of hydrogen-bond donors (Lipinski definition) is 1. The van der Waals surface area contributed by atoms with E-state index in [1.54, 1.807) is 0 Å². The summed E-state index contributed by atoms with van der Waals surface area (Å²) >= 11 is 0. The van der Waals surface area contributed by atoms with Crippen LogP contribution in [0.15, 0.2) is 0 Å². The second kappa shape index (κ2) is 4.42. The Kier molecular flexibility index (Phi) is 4.39. The largest absolute Gasteiger partial charge is 0.327 e. The first kappa shape index (κ1) is 12.9. The van der Waals surface area contributed by atoms with Crippen LogP contribution in [-0.4, -0.2) is 26.5 Å². The monoisotopic (exact) mass is 207 g/mol. The maximum atomic E-state index is 10.9. The lowest BCUT2D eigenvalue weighted by molar-refractivity contribution is 0.353. The van der Waals surface area contributed by atoms with Gasteiger partial charge in [0.2, 0.25) is 0 Å². The van der Waals surface area contributed by atoms with E-state index in [1.165, 1.54) is 6.26 Å². The molecule has 0 spiro atoms. The molecule has 0 aliphatic heterocycles. The fraction of sp³-hybridized carbons (Fsp3) is 1.00. The van der Waals surface area contributed by atoms with E-state index in [-0.39, 0.29) is 17.2 Å². The van der Waals surface area contributed by atoms with Crippen molar-refractivity contribution in [3.8, 4) is 0 Å². The molecule has 0 saturated heterocycles. The highest BCUT2D eigenvalue weighted by Crippen LogP contribution is 2.21. The second-order valence-corrected chi connectivity index (χ2v) is 7.14. The third kappa shape index (κ3) is 9.83. The third-order valence-corrected chi connectivity index (χ3v) is 2.82. The Labute approximate surface area is 81.6 Å². The predicted octanol–water partition coefficient (Wildman–Crippen LogP) is 1.18. The summed E-state index contributed by atoms with van der Waals surface area (Å²) < 4.78 is 21.8. The summed E-state index contributed by atoms with van der Waals surface area (Å²) in [6, 6.07) is -0.214. The first-order valence-electron chi connectivity index (χ1n) is 4.53. The van der Waals surface area contributed by atoms with Gasteiger partial charge in [-0.1, -0.05) is 20.8 Å². The number of nitrogens with two attached hydrogens (primary N) is 1. The van der Waals surface area contributed by atoms with E-state index in [1.807, 2.05) is 0 Å². The molecule has 2 N–H and O–H groups in total. The number of sulfone groups is 1. The normalized spacial score (nSPS) is 15.8. The van der Waals surface area contributed by atoms with E-state index in [0.29, 0.717) is 0 Å². The summed E-state index contributed by atoms with van der Waals surface area (Å²) in [6.07, 6.45) is 2.96. The van der Waals surface area contributed by atoms with Crippen LogP contribution in [-0.2, 0) is 9.84 Å². The molecule has 4 heteroatoms. The Bertz CT molecular complexity index is 239. The minimum absolute atomic E-state index is 0.100. The van der Waals surface area contributed by atoms with Crippen molar-refractivity contribution in [3.63, 3.8) is 0 Å². The van der Waals surface area contributed by atoms with E-state index in [4.69, 9.17) is 5.73 Å². The first-order chi connectivity index (χ1) is 5.60. The van der Waals surface area contributed by atoms with Gasteiger partial charge >= 0.3 is 0 Å². The van der Waals surface area contributed by atoms with Crippen LogP contribution in [0, 0.1) is 5.41 Å². The molecule has 0 heterocycles. The van der Waals surface area contributed by atoms with Crippen molar-refractivity contribution in [2.24, 2.45) is 11.1 Å². The van der Waals surface area contributed by atoms with Gasteiger partial charge in [0, 0.05) is 12.3 Å². The average Bonchev–Trinajstić information content (AvgIpc) is 1.78. The molecule has 13 heavy (non-hydrogen) atoms. The lowest BCUT2D eigenvalue weighted by atomic mass is 9.89. The van der Waals surface area contributed by atoms with Crippen LogP contribution in [0.25, 0.3) is 0 Å². The molecule has 0 aliphatic carbocycles. The standard InChI is InChI=1S/C9H21NO2S/c1-9(2,3)6-5-8(10)7-13(4,11)12/h8H,5-7,10H2,1-4H3. The van der Waals surface area contributed by atoms with Gasteiger partial charge in [-0.2, -0.15) is 0 Å². The van der Waals surface area contributed by atoms with Gasteiger partial charge in [-0.25, -0.2) is 8.42 Å². The predicted molar refractivity (Wildman–Crippen MR) is 56.4 cm³/mol. The first-order valence-corrected chi connectivity index (χ1v) is 6.59. The minimum Gasteiger partial charge on any atom is -0.327 e. The lowest BCUT2D eigenvalue weighted by Crippen LogP contribution is -2.30. The Morgan fingerprint density at radius 3 is 2.08 bits per heavy atom. The quantitative estimate of drug-likeness (QED) is 0.753. The highest BCUT2D eigenvalue weighted by molar-refractivity contribution is 7.90. The number of hydrogen-bond acceptors (Lipinski definition) is 3. The van der Waals surface area contributed by atoms with Crippen molar-refractivity contribution in [1.29, 1.82) is 0 Å². The van der Waals surface area contributed by atoms with Crippen molar-refractivity contribution in [1.82, 2.24) is 0 Å². The molecule has 1 atom stereocenters. The van der Waals surface area contributed by atoms with Crippen molar-refractivity contribution >= 4 is 9.84 Å². The zero-order chi connectivity index (χ0) is 10.7. The molecule has 1 unspecified atom stereocenters. The number of rotatable bonds is 4. The summed E-state index contributed by atoms with van der Waals surface area (Å²) in [7, 11) is -2.92. The van der Waals surface area contributed by atoms with E-state index < -0.39 is 9.84 Å². The Hall–Kier alpha value is -0.0900. The Morgan fingerprint density at radius 1 is 1.31 bits per heavy atom. The summed E-state index contributed by atoms with van der Waals surface area (Å²) in [5, 5.41) is 0. The molecule has 0 bridgehead atoms. The molecule has 0 aromatic carbocycles. The van der Waals surface area contributed by atoms with E-state index >= 15 is 0 Å².